The van der Waals surface area contributed by atoms with Crippen LogP contribution < -0.4 is 5.56 Å². The number of pyridine rings is 1. The van der Waals surface area contributed by atoms with Crippen LogP contribution in [0.3, 0.4) is 0 Å². The lowest BCUT2D eigenvalue weighted by Gasteiger charge is -2.38. The Balaban J connectivity index is 1.12. The highest BCUT2D eigenvalue weighted by Crippen LogP contribution is 2.41. The molecule has 1 aromatic carbocycles. The van der Waals surface area contributed by atoms with Crippen molar-refractivity contribution in [3.8, 4) is 0 Å². The van der Waals surface area contributed by atoms with Gasteiger partial charge in [-0.25, -0.2) is 9.97 Å². The van der Waals surface area contributed by atoms with Crippen LogP contribution in [0, 0.1) is 5.92 Å². The first-order valence-electron chi connectivity index (χ1n) is 12.5. The molecule has 2 aliphatic rings. The summed E-state index contributed by atoms with van der Waals surface area (Å²) in [6, 6.07) is 15.5. The SMILES string of the molecule is O=C([C@@H]1CCCC[C@H]1c1nc2ccccc2s1)N1CCN(Cc2cc(=O)n3ccccc3n2)CC1. The summed E-state index contributed by atoms with van der Waals surface area (Å²) in [5.41, 5.74) is 2.43. The fourth-order valence-corrected chi connectivity index (χ4v) is 6.71. The van der Waals surface area contributed by atoms with Crippen LogP contribution in [0.1, 0.15) is 42.3 Å². The van der Waals surface area contributed by atoms with Crippen molar-refractivity contribution < 1.29 is 4.79 Å². The molecule has 0 radical (unpaired) electrons. The molecule has 2 fully saturated rings. The lowest BCUT2D eigenvalue weighted by Crippen LogP contribution is -2.51. The molecule has 1 saturated carbocycles. The predicted molar refractivity (Wildman–Crippen MR) is 138 cm³/mol. The Morgan fingerprint density at radius 1 is 0.971 bits per heavy atom. The lowest BCUT2D eigenvalue weighted by atomic mass is 9.78. The second-order valence-corrected chi connectivity index (χ2v) is 10.7. The summed E-state index contributed by atoms with van der Waals surface area (Å²) < 4.78 is 2.77. The van der Waals surface area contributed by atoms with E-state index in [2.05, 4.69) is 33.0 Å². The smallest absolute Gasteiger partial charge is 0.258 e. The molecule has 8 heteroatoms. The Morgan fingerprint density at radius 2 is 1.77 bits per heavy atom. The van der Waals surface area contributed by atoms with Gasteiger partial charge in [-0.2, -0.15) is 0 Å². The van der Waals surface area contributed by atoms with E-state index in [1.165, 1.54) is 4.70 Å². The number of para-hydroxylation sites is 1. The topological polar surface area (TPSA) is 70.8 Å². The molecule has 6 rings (SSSR count). The highest BCUT2D eigenvalue weighted by Gasteiger charge is 2.37. The Bertz CT molecular complexity index is 1390. The van der Waals surface area contributed by atoms with Gasteiger partial charge in [-0.3, -0.25) is 18.9 Å². The quantitative estimate of drug-likeness (QED) is 0.436. The molecule has 1 aliphatic heterocycles. The minimum absolute atomic E-state index is 0.0260. The van der Waals surface area contributed by atoms with E-state index in [0.29, 0.717) is 25.3 Å². The Kier molecular flexibility index (Phi) is 6.08. The molecule has 0 bridgehead atoms. The first-order chi connectivity index (χ1) is 17.2. The number of fused-ring (bicyclic) bond motifs is 2. The lowest BCUT2D eigenvalue weighted by molar-refractivity contribution is -0.139. The van der Waals surface area contributed by atoms with Crippen LogP contribution in [0.15, 0.2) is 59.5 Å². The normalized spacial score (nSPS) is 21.5. The number of benzene rings is 1. The molecule has 1 aliphatic carbocycles. The molecule has 180 valence electrons. The number of rotatable bonds is 4. The van der Waals surface area contributed by atoms with Crippen molar-refractivity contribution in [2.45, 2.75) is 38.1 Å². The average molecular weight is 488 g/mol. The van der Waals surface area contributed by atoms with Crippen LogP contribution in [0.25, 0.3) is 15.9 Å². The minimum atomic E-state index is -0.0578. The molecule has 4 aromatic rings. The average Bonchev–Trinajstić information content (AvgIpc) is 3.33. The van der Waals surface area contributed by atoms with Gasteiger partial charge in [0.15, 0.2) is 0 Å². The summed E-state index contributed by atoms with van der Waals surface area (Å²) >= 11 is 1.75. The van der Waals surface area contributed by atoms with Crippen molar-refractivity contribution in [1.29, 1.82) is 0 Å². The molecule has 0 unspecified atom stereocenters. The maximum absolute atomic E-state index is 13.6. The largest absolute Gasteiger partial charge is 0.340 e. The van der Waals surface area contributed by atoms with E-state index in [-0.39, 0.29) is 23.3 Å². The Hall–Kier alpha value is -3.10. The van der Waals surface area contributed by atoms with Gasteiger partial charge >= 0.3 is 0 Å². The zero-order valence-corrected chi connectivity index (χ0v) is 20.5. The molecule has 1 saturated heterocycles. The van der Waals surface area contributed by atoms with Gasteiger partial charge < -0.3 is 4.90 Å². The highest BCUT2D eigenvalue weighted by molar-refractivity contribution is 7.18. The summed E-state index contributed by atoms with van der Waals surface area (Å²) in [5.74, 6) is 0.537. The number of piperazine rings is 1. The molecule has 1 amide bonds. The monoisotopic (exact) mass is 487 g/mol. The van der Waals surface area contributed by atoms with Gasteiger partial charge in [-0.15, -0.1) is 11.3 Å². The van der Waals surface area contributed by atoms with Crippen molar-refractivity contribution in [3.63, 3.8) is 0 Å². The van der Waals surface area contributed by atoms with Crippen molar-refractivity contribution in [2.75, 3.05) is 26.2 Å². The van der Waals surface area contributed by atoms with Crippen molar-refractivity contribution in [3.05, 3.63) is 75.8 Å². The maximum atomic E-state index is 13.6. The van der Waals surface area contributed by atoms with Crippen LogP contribution in [0.2, 0.25) is 0 Å². The third-order valence-corrected chi connectivity index (χ3v) is 8.57. The summed E-state index contributed by atoms with van der Waals surface area (Å²) in [5, 5.41) is 1.12. The van der Waals surface area contributed by atoms with Gasteiger partial charge in [0.05, 0.1) is 20.9 Å². The Morgan fingerprint density at radius 3 is 2.63 bits per heavy atom. The van der Waals surface area contributed by atoms with Crippen LogP contribution in [-0.4, -0.2) is 56.3 Å². The third kappa shape index (κ3) is 4.48. The van der Waals surface area contributed by atoms with Gasteiger partial charge in [0.1, 0.15) is 5.65 Å². The van der Waals surface area contributed by atoms with Crippen molar-refractivity contribution in [1.82, 2.24) is 24.2 Å². The molecule has 35 heavy (non-hydrogen) atoms. The van der Waals surface area contributed by atoms with Crippen LogP contribution in [0.4, 0.5) is 0 Å². The van der Waals surface area contributed by atoms with E-state index in [9.17, 15) is 9.59 Å². The van der Waals surface area contributed by atoms with Crippen LogP contribution in [-0.2, 0) is 11.3 Å². The van der Waals surface area contributed by atoms with Crippen LogP contribution in [0.5, 0.6) is 0 Å². The van der Waals surface area contributed by atoms with Gasteiger partial charge in [-0.05, 0) is 37.1 Å². The second kappa shape index (κ2) is 9.51. The van der Waals surface area contributed by atoms with Gasteiger partial charge in [-0.1, -0.05) is 31.0 Å². The minimum Gasteiger partial charge on any atom is -0.340 e. The van der Waals surface area contributed by atoms with E-state index >= 15 is 0 Å². The molecule has 0 N–H and O–H groups in total. The third-order valence-electron chi connectivity index (χ3n) is 7.40. The number of hydrogen-bond donors (Lipinski definition) is 0. The fraction of sp³-hybridized carbons (Fsp3) is 0.407. The summed E-state index contributed by atoms with van der Waals surface area (Å²) in [4.78, 5) is 39.9. The summed E-state index contributed by atoms with van der Waals surface area (Å²) in [6.45, 7) is 3.64. The summed E-state index contributed by atoms with van der Waals surface area (Å²) in [6.07, 6.45) is 6.01. The molecule has 7 nitrogen and oxygen atoms in total. The second-order valence-electron chi connectivity index (χ2n) is 9.63. The number of carbonyl (C=O) groups excluding carboxylic acids is 1. The standard InChI is InChI=1S/C27H29N5O2S/c33-25-17-19(28-24-11-5-6-12-32(24)25)18-30-13-15-31(16-14-30)27(34)21-8-2-1-7-20(21)26-29-22-9-3-4-10-23(22)35-26/h3-6,9-12,17,20-21H,1-2,7-8,13-16,18H2/t20-,21-/m1/s1. The van der Waals surface area contributed by atoms with E-state index in [1.54, 1.807) is 28.0 Å². The van der Waals surface area contributed by atoms with Gasteiger partial charge in [0.25, 0.3) is 5.56 Å². The van der Waals surface area contributed by atoms with E-state index in [1.807, 2.05) is 24.3 Å². The molecule has 2 atom stereocenters. The number of aromatic nitrogens is 3. The zero-order chi connectivity index (χ0) is 23.8. The number of thiazole rings is 1. The van der Waals surface area contributed by atoms with Gasteiger partial charge in [0.2, 0.25) is 5.91 Å². The van der Waals surface area contributed by atoms with Crippen molar-refractivity contribution in [2.24, 2.45) is 5.92 Å². The number of nitrogens with zero attached hydrogens (tertiary/aromatic N) is 5. The molecular weight excluding hydrogens is 458 g/mol. The number of carbonyl (C=O) groups is 1. The fourth-order valence-electron chi connectivity index (χ4n) is 5.54. The predicted octanol–water partition coefficient (Wildman–Crippen LogP) is 3.92. The highest BCUT2D eigenvalue weighted by atomic mass is 32.1. The molecule has 0 spiro atoms. The van der Waals surface area contributed by atoms with E-state index in [0.717, 1.165) is 55.0 Å². The van der Waals surface area contributed by atoms with Gasteiger partial charge in [0, 0.05) is 56.8 Å². The van der Waals surface area contributed by atoms with E-state index in [4.69, 9.17) is 4.98 Å². The molecule has 4 heterocycles. The summed E-state index contributed by atoms with van der Waals surface area (Å²) in [7, 11) is 0. The number of hydrogen-bond acceptors (Lipinski definition) is 6. The first-order valence-corrected chi connectivity index (χ1v) is 13.3. The number of amides is 1. The zero-order valence-electron chi connectivity index (χ0n) is 19.7. The molecule has 3 aromatic heterocycles. The van der Waals surface area contributed by atoms with Crippen molar-refractivity contribution >= 4 is 33.1 Å². The Labute approximate surface area is 208 Å². The van der Waals surface area contributed by atoms with Crippen LogP contribution >= 0.6 is 11.3 Å². The molecular formula is C27H29N5O2S. The first kappa shape index (κ1) is 22.4. The maximum Gasteiger partial charge on any atom is 0.258 e. The van der Waals surface area contributed by atoms with E-state index < -0.39 is 0 Å².